The number of sulfonamides is 2. The molecule has 1 atom stereocenters. The minimum absolute atomic E-state index is 0.0173. The number of carbonyl (C=O) groups excluding carboxylic acids is 1. The lowest BCUT2D eigenvalue weighted by molar-refractivity contribution is -0.134. The van der Waals surface area contributed by atoms with Crippen LogP contribution in [0.4, 0.5) is 0 Å². The van der Waals surface area contributed by atoms with Gasteiger partial charge in [0.05, 0.1) is 9.79 Å². The lowest BCUT2D eigenvalue weighted by Crippen LogP contribution is -2.61. The third-order valence-corrected chi connectivity index (χ3v) is 9.99. The summed E-state index contributed by atoms with van der Waals surface area (Å²) in [5, 5.41) is 9.23. The molecule has 1 aliphatic heterocycles. The highest BCUT2D eigenvalue weighted by atomic mass is 79.9. The molecule has 3 aromatic rings. The van der Waals surface area contributed by atoms with Crippen molar-refractivity contribution in [3.63, 3.8) is 0 Å². The Labute approximate surface area is 212 Å². The Morgan fingerprint density at radius 1 is 0.829 bits per heavy atom. The largest absolute Gasteiger partial charge is 0.289 e. The van der Waals surface area contributed by atoms with Gasteiger partial charge in [-0.2, -0.15) is 8.61 Å². The molecule has 12 heteroatoms. The molecule has 0 aromatic heterocycles. The van der Waals surface area contributed by atoms with Crippen LogP contribution in [0.15, 0.2) is 93.1 Å². The van der Waals surface area contributed by atoms with Crippen LogP contribution in [0, 0.1) is 0 Å². The Kier molecular flexibility index (Phi) is 7.40. The summed E-state index contributed by atoms with van der Waals surface area (Å²) in [7, 11) is -8.18. The zero-order valence-corrected chi connectivity index (χ0v) is 21.5. The molecular weight excluding hydrogens is 558 g/mol. The number of amides is 1. The molecule has 1 amide bonds. The van der Waals surface area contributed by atoms with Gasteiger partial charge in [0, 0.05) is 24.1 Å². The first-order chi connectivity index (χ1) is 16.6. The molecule has 0 spiro atoms. The molecule has 4 rings (SSSR count). The van der Waals surface area contributed by atoms with Gasteiger partial charge in [-0.15, -0.1) is 0 Å². The van der Waals surface area contributed by atoms with E-state index < -0.39 is 38.5 Å². The summed E-state index contributed by atoms with van der Waals surface area (Å²) < 4.78 is 55.6. The van der Waals surface area contributed by atoms with Crippen LogP contribution in [0.1, 0.15) is 0 Å². The fourth-order valence-electron chi connectivity index (χ4n) is 3.90. The van der Waals surface area contributed by atoms with Crippen LogP contribution in [-0.2, 0) is 24.8 Å². The second kappa shape index (κ2) is 10.2. The van der Waals surface area contributed by atoms with E-state index in [2.05, 4.69) is 15.9 Å². The Balaban J connectivity index is 1.61. The van der Waals surface area contributed by atoms with Crippen molar-refractivity contribution in [3.8, 4) is 11.1 Å². The first-order valence-electron chi connectivity index (χ1n) is 10.5. The number of carbonyl (C=O) groups is 1. The molecule has 0 saturated carbocycles. The van der Waals surface area contributed by atoms with Gasteiger partial charge in [0.15, 0.2) is 0 Å². The standard InChI is InChI=1S/C23H22BrN3O6S2/c24-19-7-4-8-21(15-19)35(32,33)27-14-13-26(16-22(27)23(28)25-29)34(30,31)20-11-9-18(10-12-20)17-5-2-1-3-6-17/h1-12,15,22,29H,13-14,16H2,(H,25,28). The number of nitrogens with zero attached hydrogens (tertiary/aromatic N) is 2. The molecule has 1 aliphatic rings. The molecule has 1 fully saturated rings. The van der Waals surface area contributed by atoms with Gasteiger partial charge in [-0.25, -0.2) is 22.3 Å². The highest BCUT2D eigenvalue weighted by Gasteiger charge is 2.43. The number of nitrogens with one attached hydrogen (secondary N) is 1. The molecule has 1 heterocycles. The number of rotatable bonds is 6. The van der Waals surface area contributed by atoms with Crippen molar-refractivity contribution in [2.45, 2.75) is 15.8 Å². The molecule has 0 aliphatic carbocycles. The molecule has 3 aromatic carbocycles. The van der Waals surface area contributed by atoms with E-state index in [1.807, 2.05) is 30.3 Å². The molecule has 0 radical (unpaired) electrons. The lowest BCUT2D eigenvalue weighted by atomic mass is 10.1. The van der Waals surface area contributed by atoms with Crippen LogP contribution in [0.5, 0.6) is 0 Å². The van der Waals surface area contributed by atoms with Crippen LogP contribution >= 0.6 is 15.9 Å². The average molecular weight is 580 g/mol. The van der Waals surface area contributed by atoms with Gasteiger partial charge in [-0.3, -0.25) is 10.0 Å². The SMILES string of the molecule is O=C(NO)C1CN(S(=O)(=O)c2ccc(-c3ccccc3)cc2)CCN1S(=O)(=O)c1cccc(Br)c1. The lowest BCUT2D eigenvalue weighted by Gasteiger charge is -2.38. The third kappa shape index (κ3) is 5.17. The van der Waals surface area contributed by atoms with E-state index in [-0.39, 0.29) is 22.9 Å². The molecule has 2 N–H and O–H groups in total. The summed E-state index contributed by atoms with van der Waals surface area (Å²) in [6.07, 6.45) is 0. The number of hydroxylamine groups is 1. The van der Waals surface area contributed by atoms with Crippen molar-refractivity contribution < 1.29 is 26.8 Å². The van der Waals surface area contributed by atoms with Crippen molar-refractivity contribution in [2.75, 3.05) is 19.6 Å². The number of benzene rings is 3. The second-order valence-corrected chi connectivity index (χ2v) is 12.6. The number of piperazine rings is 1. The third-order valence-electron chi connectivity index (χ3n) is 5.71. The van der Waals surface area contributed by atoms with Crippen molar-refractivity contribution in [3.05, 3.63) is 83.3 Å². The number of hydrogen-bond donors (Lipinski definition) is 2. The van der Waals surface area contributed by atoms with Gasteiger partial charge in [-0.05, 0) is 41.5 Å². The monoisotopic (exact) mass is 579 g/mol. The van der Waals surface area contributed by atoms with Crippen LogP contribution in [0.2, 0.25) is 0 Å². The Bertz CT molecular complexity index is 1430. The smallest absolute Gasteiger partial charge is 0.263 e. The summed E-state index contributed by atoms with van der Waals surface area (Å²) >= 11 is 3.23. The van der Waals surface area contributed by atoms with Crippen LogP contribution in [0.3, 0.4) is 0 Å². The van der Waals surface area contributed by atoms with Crippen molar-refractivity contribution >= 4 is 41.9 Å². The fourth-order valence-corrected chi connectivity index (χ4v) is 7.50. The molecule has 184 valence electrons. The summed E-state index contributed by atoms with van der Waals surface area (Å²) in [5.41, 5.74) is 3.23. The molecule has 0 bridgehead atoms. The van der Waals surface area contributed by atoms with Gasteiger partial charge in [-0.1, -0.05) is 64.5 Å². The Morgan fingerprint density at radius 3 is 2.11 bits per heavy atom. The van der Waals surface area contributed by atoms with Crippen LogP contribution < -0.4 is 5.48 Å². The van der Waals surface area contributed by atoms with Gasteiger partial charge in [0.25, 0.3) is 5.91 Å². The van der Waals surface area contributed by atoms with E-state index in [4.69, 9.17) is 0 Å². The molecule has 1 unspecified atom stereocenters. The average Bonchev–Trinajstić information content (AvgIpc) is 2.88. The minimum atomic E-state index is -4.15. The predicted octanol–water partition coefficient (Wildman–Crippen LogP) is 2.69. The molecule has 9 nitrogen and oxygen atoms in total. The molecule has 35 heavy (non-hydrogen) atoms. The first kappa shape index (κ1) is 25.5. The van der Waals surface area contributed by atoms with Crippen LogP contribution in [0.25, 0.3) is 11.1 Å². The molecule has 1 saturated heterocycles. The fraction of sp³-hybridized carbons (Fsp3) is 0.174. The number of halogens is 1. The van der Waals surface area contributed by atoms with E-state index in [1.54, 1.807) is 18.2 Å². The Morgan fingerprint density at radius 2 is 1.49 bits per heavy atom. The maximum absolute atomic E-state index is 13.3. The quantitative estimate of drug-likeness (QED) is 0.342. The maximum Gasteiger partial charge on any atom is 0.263 e. The van der Waals surface area contributed by atoms with E-state index in [0.29, 0.717) is 4.47 Å². The van der Waals surface area contributed by atoms with E-state index >= 15 is 0 Å². The van der Waals surface area contributed by atoms with E-state index in [9.17, 15) is 26.8 Å². The Hall–Kier alpha value is -2.61. The normalized spacial score (nSPS) is 17.7. The van der Waals surface area contributed by atoms with Gasteiger partial charge >= 0.3 is 0 Å². The highest BCUT2D eigenvalue weighted by molar-refractivity contribution is 9.10. The zero-order chi connectivity index (χ0) is 25.2. The zero-order valence-electron chi connectivity index (χ0n) is 18.3. The van der Waals surface area contributed by atoms with Gasteiger partial charge < -0.3 is 0 Å². The number of hydrogen-bond acceptors (Lipinski definition) is 6. The van der Waals surface area contributed by atoms with Gasteiger partial charge in [0.2, 0.25) is 20.0 Å². The van der Waals surface area contributed by atoms with E-state index in [0.717, 1.165) is 19.7 Å². The summed E-state index contributed by atoms with van der Waals surface area (Å²) in [5.74, 6) is -1.03. The van der Waals surface area contributed by atoms with Crippen molar-refractivity contribution in [2.24, 2.45) is 0 Å². The summed E-state index contributed by atoms with van der Waals surface area (Å²) in [6.45, 7) is -0.887. The summed E-state index contributed by atoms with van der Waals surface area (Å²) in [4.78, 5) is 12.4. The first-order valence-corrected chi connectivity index (χ1v) is 14.2. The van der Waals surface area contributed by atoms with Gasteiger partial charge in [0.1, 0.15) is 6.04 Å². The highest BCUT2D eigenvalue weighted by Crippen LogP contribution is 2.28. The summed E-state index contributed by atoms with van der Waals surface area (Å²) in [6, 6.07) is 20.3. The minimum Gasteiger partial charge on any atom is -0.289 e. The van der Waals surface area contributed by atoms with E-state index in [1.165, 1.54) is 35.8 Å². The predicted molar refractivity (Wildman–Crippen MR) is 132 cm³/mol. The maximum atomic E-state index is 13.3. The topological polar surface area (TPSA) is 124 Å². The van der Waals surface area contributed by atoms with Crippen LogP contribution in [-0.4, -0.2) is 62.2 Å². The molecular formula is C23H22BrN3O6S2. The van der Waals surface area contributed by atoms with Crippen molar-refractivity contribution in [1.82, 2.24) is 14.1 Å². The second-order valence-electron chi connectivity index (χ2n) is 7.82. The van der Waals surface area contributed by atoms with Crippen molar-refractivity contribution in [1.29, 1.82) is 0 Å².